The zero-order valence-electron chi connectivity index (χ0n) is 11.7. The van der Waals surface area contributed by atoms with Crippen LogP contribution in [-0.4, -0.2) is 23.7 Å². The molecule has 0 radical (unpaired) electrons. The first kappa shape index (κ1) is 13.1. The summed E-state index contributed by atoms with van der Waals surface area (Å²) in [6.45, 7) is 3.99. The van der Waals surface area contributed by atoms with Crippen LogP contribution in [0.3, 0.4) is 0 Å². The van der Waals surface area contributed by atoms with Gasteiger partial charge in [-0.15, -0.1) is 0 Å². The lowest BCUT2D eigenvalue weighted by atomic mass is 10.2. The Balaban J connectivity index is 1.54. The highest BCUT2D eigenvalue weighted by Gasteiger charge is 2.17. The van der Waals surface area contributed by atoms with Gasteiger partial charge >= 0.3 is 0 Å². The van der Waals surface area contributed by atoms with Crippen molar-refractivity contribution in [1.82, 2.24) is 4.90 Å². The van der Waals surface area contributed by atoms with Crippen LogP contribution in [0.1, 0.15) is 17.5 Å². The van der Waals surface area contributed by atoms with Gasteiger partial charge in [-0.3, -0.25) is 9.89 Å². The second-order valence-corrected chi connectivity index (χ2v) is 5.31. The number of likely N-dealkylation sites (tertiary alicyclic amines) is 1. The molecule has 2 aromatic carbocycles. The van der Waals surface area contributed by atoms with Gasteiger partial charge in [-0.1, -0.05) is 60.7 Å². The summed E-state index contributed by atoms with van der Waals surface area (Å²) in [6, 6.07) is 21.1. The highest BCUT2D eigenvalue weighted by atomic mass is 15.1. The van der Waals surface area contributed by atoms with Crippen LogP contribution in [0.15, 0.2) is 65.7 Å². The molecule has 102 valence electrons. The van der Waals surface area contributed by atoms with Crippen molar-refractivity contribution in [3.63, 3.8) is 0 Å². The molecule has 20 heavy (non-hydrogen) atoms. The predicted octanol–water partition coefficient (Wildman–Crippen LogP) is 3.53. The fraction of sp³-hybridized carbons (Fsp3) is 0.278. The summed E-state index contributed by atoms with van der Waals surface area (Å²) in [4.78, 5) is 7.23. The van der Waals surface area contributed by atoms with Gasteiger partial charge < -0.3 is 0 Å². The van der Waals surface area contributed by atoms with E-state index in [0.717, 1.165) is 32.6 Å². The van der Waals surface area contributed by atoms with Gasteiger partial charge in [-0.05, 0) is 17.5 Å². The molecule has 2 heteroatoms. The van der Waals surface area contributed by atoms with Crippen molar-refractivity contribution in [2.75, 3.05) is 13.1 Å². The van der Waals surface area contributed by atoms with Gasteiger partial charge in [0, 0.05) is 25.3 Å². The van der Waals surface area contributed by atoms with E-state index in [1.165, 1.54) is 16.8 Å². The third-order valence-corrected chi connectivity index (χ3v) is 3.70. The molecule has 3 rings (SSSR count). The van der Waals surface area contributed by atoms with Crippen molar-refractivity contribution >= 4 is 5.71 Å². The number of aliphatic imine (C=N–C) groups is 1. The number of benzene rings is 2. The first-order valence-electron chi connectivity index (χ1n) is 7.22. The molecule has 0 bridgehead atoms. The number of nitrogens with zero attached hydrogens (tertiary/aromatic N) is 2. The van der Waals surface area contributed by atoms with Crippen molar-refractivity contribution in [2.24, 2.45) is 4.99 Å². The highest BCUT2D eigenvalue weighted by Crippen LogP contribution is 2.12. The quantitative estimate of drug-likeness (QED) is 0.824. The van der Waals surface area contributed by atoms with Gasteiger partial charge in [-0.25, -0.2) is 0 Å². The Bertz CT molecular complexity index is 560. The van der Waals surface area contributed by atoms with Crippen LogP contribution < -0.4 is 0 Å². The van der Waals surface area contributed by atoms with Gasteiger partial charge in [0.05, 0.1) is 6.54 Å². The van der Waals surface area contributed by atoms with Crippen molar-refractivity contribution < 1.29 is 0 Å². The van der Waals surface area contributed by atoms with E-state index < -0.39 is 0 Å². The Morgan fingerprint density at radius 1 is 0.850 bits per heavy atom. The molecule has 1 saturated heterocycles. The van der Waals surface area contributed by atoms with Crippen LogP contribution in [0.4, 0.5) is 0 Å². The lowest BCUT2D eigenvalue weighted by Crippen LogP contribution is -2.20. The zero-order valence-corrected chi connectivity index (χ0v) is 11.7. The molecule has 0 spiro atoms. The Morgan fingerprint density at radius 3 is 2.20 bits per heavy atom. The standard InChI is InChI=1S/C18H20N2/c1-3-7-16(8-4-1)13-19-18-11-12-20(15-18)14-17-9-5-2-6-10-17/h1-10H,11-15H2. The molecule has 0 atom stereocenters. The van der Waals surface area contributed by atoms with Gasteiger partial charge in [0.25, 0.3) is 0 Å². The van der Waals surface area contributed by atoms with Gasteiger partial charge in [0.15, 0.2) is 0 Å². The minimum Gasteiger partial charge on any atom is -0.293 e. The lowest BCUT2D eigenvalue weighted by Gasteiger charge is -2.13. The summed E-state index contributed by atoms with van der Waals surface area (Å²) < 4.78 is 0. The topological polar surface area (TPSA) is 15.6 Å². The Kier molecular flexibility index (Phi) is 4.24. The van der Waals surface area contributed by atoms with Crippen LogP contribution in [0.25, 0.3) is 0 Å². The van der Waals surface area contributed by atoms with Gasteiger partial charge in [0.1, 0.15) is 0 Å². The number of hydrogen-bond donors (Lipinski definition) is 0. The maximum Gasteiger partial charge on any atom is 0.0639 e. The van der Waals surface area contributed by atoms with Crippen molar-refractivity contribution in [3.8, 4) is 0 Å². The van der Waals surface area contributed by atoms with E-state index >= 15 is 0 Å². The molecule has 2 nitrogen and oxygen atoms in total. The molecule has 0 aliphatic carbocycles. The van der Waals surface area contributed by atoms with E-state index in [-0.39, 0.29) is 0 Å². The summed E-state index contributed by atoms with van der Waals surface area (Å²) in [6.07, 6.45) is 1.11. The summed E-state index contributed by atoms with van der Waals surface area (Å²) >= 11 is 0. The van der Waals surface area contributed by atoms with E-state index in [2.05, 4.69) is 59.5 Å². The minimum absolute atomic E-state index is 0.815. The van der Waals surface area contributed by atoms with Crippen LogP contribution in [0, 0.1) is 0 Å². The molecule has 0 unspecified atom stereocenters. The number of rotatable bonds is 4. The Hall–Kier alpha value is -1.93. The molecule has 2 aromatic rings. The van der Waals surface area contributed by atoms with E-state index in [4.69, 9.17) is 4.99 Å². The number of hydrogen-bond acceptors (Lipinski definition) is 2. The molecule has 1 aliphatic rings. The third-order valence-electron chi connectivity index (χ3n) is 3.70. The first-order valence-corrected chi connectivity index (χ1v) is 7.22. The van der Waals surface area contributed by atoms with E-state index in [1.807, 2.05) is 6.07 Å². The summed E-state index contributed by atoms with van der Waals surface area (Å²) in [5.74, 6) is 0. The average Bonchev–Trinajstić information content (AvgIpc) is 2.95. The summed E-state index contributed by atoms with van der Waals surface area (Å²) in [5, 5.41) is 0. The fourth-order valence-electron chi connectivity index (χ4n) is 2.60. The summed E-state index contributed by atoms with van der Waals surface area (Å²) in [7, 11) is 0. The van der Waals surface area contributed by atoms with E-state index in [9.17, 15) is 0 Å². The third kappa shape index (κ3) is 3.55. The van der Waals surface area contributed by atoms with Crippen molar-refractivity contribution in [2.45, 2.75) is 19.5 Å². The molecule has 1 fully saturated rings. The van der Waals surface area contributed by atoms with E-state index in [1.54, 1.807) is 0 Å². The van der Waals surface area contributed by atoms with Crippen LogP contribution >= 0.6 is 0 Å². The SMILES string of the molecule is c1ccc(CN=C2CCN(Cc3ccccc3)C2)cc1. The average molecular weight is 264 g/mol. The maximum atomic E-state index is 4.76. The van der Waals surface area contributed by atoms with Crippen molar-refractivity contribution in [1.29, 1.82) is 0 Å². The van der Waals surface area contributed by atoms with Crippen LogP contribution in [0.2, 0.25) is 0 Å². The molecule has 1 aliphatic heterocycles. The van der Waals surface area contributed by atoms with E-state index in [0.29, 0.717) is 0 Å². The molecule has 0 N–H and O–H groups in total. The second-order valence-electron chi connectivity index (χ2n) is 5.31. The molecule has 1 heterocycles. The lowest BCUT2D eigenvalue weighted by molar-refractivity contribution is 0.341. The second kappa shape index (κ2) is 6.49. The molecular weight excluding hydrogens is 244 g/mol. The first-order chi connectivity index (χ1) is 9.90. The smallest absolute Gasteiger partial charge is 0.0639 e. The summed E-state index contributed by atoms with van der Waals surface area (Å²) in [5.41, 5.74) is 4.02. The normalized spacial score (nSPS) is 17.7. The highest BCUT2D eigenvalue weighted by molar-refractivity contribution is 5.88. The zero-order chi connectivity index (χ0) is 13.6. The minimum atomic E-state index is 0.815. The van der Waals surface area contributed by atoms with Crippen molar-refractivity contribution in [3.05, 3.63) is 71.8 Å². The maximum absolute atomic E-state index is 4.76. The molecular formula is C18H20N2. The molecule has 0 aromatic heterocycles. The van der Waals surface area contributed by atoms with Gasteiger partial charge in [-0.2, -0.15) is 0 Å². The monoisotopic (exact) mass is 264 g/mol. The molecule has 0 saturated carbocycles. The van der Waals surface area contributed by atoms with Gasteiger partial charge in [0.2, 0.25) is 0 Å². The largest absolute Gasteiger partial charge is 0.293 e. The fourth-order valence-corrected chi connectivity index (χ4v) is 2.60. The van der Waals surface area contributed by atoms with Crippen LogP contribution in [0.5, 0.6) is 0 Å². The Morgan fingerprint density at radius 2 is 1.50 bits per heavy atom. The Labute approximate surface area is 120 Å². The predicted molar refractivity (Wildman–Crippen MR) is 83.9 cm³/mol. The van der Waals surface area contributed by atoms with Crippen LogP contribution in [-0.2, 0) is 13.1 Å². The molecule has 0 amide bonds.